The van der Waals surface area contributed by atoms with Crippen LogP contribution in [-0.2, 0) is 4.79 Å². The number of carboxylic acid groups (broad SMARTS) is 1. The van der Waals surface area contributed by atoms with Gasteiger partial charge in [-0.15, -0.1) is 0 Å². The molecule has 19 heavy (non-hydrogen) atoms. The number of piperidine rings is 1. The van der Waals surface area contributed by atoms with Gasteiger partial charge in [0.25, 0.3) is 0 Å². The van der Waals surface area contributed by atoms with E-state index >= 15 is 0 Å². The molecule has 0 aromatic rings. The summed E-state index contributed by atoms with van der Waals surface area (Å²) in [6, 6.07) is 0.286. The van der Waals surface area contributed by atoms with Crippen molar-refractivity contribution in [3.63, 3.8) is 0 Å². The molecule has 0 amide bonds. The lowest BCUT2D eigenvalue weighted by Crippen LogP contribution is -2.49. The number of likely N-dealkylation sites (tertiary alicyclic amines) is 2. The monoisotopic (exact) mass is 286 g/mol. The van der Waals surface area contributed by atoms with Crippen LogP contribution in [-0.4, -0.2) is 71.1 Å². The molecule has 1 N–H and O–H groups in total. The zero-order chi connectivity index (χ0) is 13.7. The lowest BCUT2D eigenvalue weighted by molar-refractivity contribution is -0.143. The van der Waals surface area contributed by atoms with Crippen LogP contribution in [0.4, 0.5) is 0 Å². The number of carbonyl (C=O) groups is 1. The highest BCUT2D eigenvalue weighted by Gasteiger charge is 2.36. The topological polar surface area (TPSA) is 43.8 Å². The van der Waals surface area contributed by atoms with Crippen LogP contribution in [0.15, 0.2) is 0 Å². The lowest BCUT2D eigenvalue weighted by Gasteiger charge is -2.38. The quantitative estimate of drug-likeness (QED) is 0.754. The lowest BCUT2D eigenvalue weighted by atomic mass is 10.0. The molecule has 4 nitrogen and oxygen atoms in total. The molecular formula is C14H26N2O2S. The van der Waals surface area contributed by atoms with Crippen molar-refractivity contribution in [2.24, 2.45) is 0 Å². The third-order valence-corrected chi connectivity index (χ3v) is 5.13. The molecule has 2 heterocycles. The smallest absolute Gasteiger partial charge is 0.320 e. The van der Waals surface area contributed by atoms with E-state index in [1.807, 2.05) is 11.8 Å². The maximum absolute atomic E-state index is 11.2. The molecular weight excluding hydrogens is 260 g/mol. The second-order valence-corrected chi connectivity index (χ2v) is 6.64. The number of hydrogen-bond donors (Lipinski definition) is 1. The van der Waals surface area contributed by atoms with Gasteiger partial charge in [0, 0.05) is 6.04 Å². The summed E-state index contributed by atoms with van der Waals surface area (Å²) in [6.07, 6.45) is 7.60. The van der Waals surface area contributed by atoms with Crippen LogP contribution in [0.1, 0.15) is 32.1 Å². The molecule has 0 spiro atoms. The summed E-state index contributed by atoms with van der Waals surface area (Å²) in [7, 11) is 0. The molecule has 0 saturated carbocycles. The number of thioether (sulfide) groups is 1. The summed E-state index contributed by atoms with van der Waals surface area (Å²) in [4.78, 5) is 16.0. The Morgan fingerprint density at radius 3 is 2.63 bits per heavy atom. The van der Waals surface area contributed by atoms with Crippen LogP contribution in [0.5, 0.6) is 0 Å². The second kappa shape index (κ2) is 7.50. The van der Waals surface area contributed by atoms with Gasteiger partial charge in [0.15, 0.2) is 0 Å². The molecule has 110 valence electrons. The molecule has 0 aromatic heterocycles. The fourth-order valence-electron chi connectivity index (χ4n) is 3.40. The number of carboxylic acids is 1. The number of nitrogens with zero attached hydrogens (tertiary/aromatic N) is 2. The molecule has 2 aliphatic heterocycles. The van der Waals surface area contributed by atoms with E-state index in [1.165, 1.54) is 18.7 Å². The van der Waals surface area contributed by atoms with Crippen molar-refractivity contribution >= 4 is 17.7 Å². The maximum atomic E-state index is 11.2. The fourth-order valence-corrected chi connectivity index (χ4v) is 3.82. The van der Waals surface area contributed by atoms with E-state index < -0.39 is 5.97 Å². The third kappa shape index (κ3) is 4.10. The van der Waals surface area contributed by atoms with Crippen LogP contribution in [0, 0.1) is 0 Å². The zero-order valence-corrected chi connectivity index (χ0v) is 12.7. The maximum Gasteiger partial charge on any atom is 0.320 e. The molecule has 5 heteroatoms. The van der Waals surface area contributed by atoms with E-state index in [0.29, 0.717) is 6.04 Å². The second-order valence-electron chi connectivity index (χ2n) is 5.65. The minimum Gasteiger partial charge on any atom is -0.480 e. The predicted octanol–water partition coefficient (Wildman–Crippen LogP) is 1.75. The van der Waals surface area contributed by atoms with Crippen molar-refractivity contribution < 1.29 is 9.90 Å². The fraction of sp³-hybridized carbons (Fsp3) is 0.929. The van der Waals surface area contributed by atoms with Crippen LogP contribution < -0.4 is 0 Å². The molecule has 2 fully saturated rings. The number of aliphatic carboxylic acids is 1. The van der Waals surface area contributed by atoms with Gasteiger partial charge < -0.3 is 10.0 Å². The largest absolute Gasteiger partial charge is 0.480 e. The molecule has 0 aliphatic carbocycles. The normalized spacial score (nSPS) is 26.9. The summed E-state index contributed by atoms with van der Waals surface area (Å²) in [5.41, 5.74) is 0. The van der Waals surface area contributed by atoms with Gasteiger partial charge >= 0.3 is 5.97 Å². The Labute approximate surface area is 120 Å². The van der Waals surface area contributed by atoms with Crippen molar-refractivity contribution in [2.45, 2.75) is 44.2 Å². The van der Waals surface area contributed by atoms with Gasteiger partial charge in [0.1, 0.15) is 6.04 Å². The molecule has 0 radical (unpaired) electrons. The predicted molar refractivity (Wildman–Crippen MR) is 79.8 cm³/mol. The van der Waals surface area contributed by atoms with Crippen LogP contribution in [0.3, 0.4) is 0 Å². The van der Waals surface area contributed by atoms with Crippen molar-refractivity contribution in [1.82, 2.24) is 9.80 Å². The van der Waals surface area contributed by atoms with Gasteiger partial charge in [-0.3, -0.25) is 9.69 Å². The molecule has 2 saturated heterocycles. The summed E-state index contributed by atoms with van der Waals surface area (Å²) in [5.74, 6) is 0.618. The van der Waals surface area contributed by atoms with Gasteiger partial charge in [-0.1, -0.05) is 0 Å². The van der Waals surface area contributed by atoms with Crippen molar-refractivity contribution in [1.29, 1.82) is 0 Å². The average molecular weight is 286 g/mol. The molecule has 2 aliphatic rings. The van der Waals surface area contributed by atoms with Gasteiger partial charge in [-0.05, 0) is 70.3 Å². The molecule has 1 unspecified atom stereocenters. The standard InChI is InChI=1S/C14H26N2O2S/c1-19-11-3-7-15-9-5-12(6-10-15)16-8-2-4-13(16)14(17)18/h12-13H,2-11H2,1H3,(H,17,18). The highest BCUT2D eigenvalue weighted by atomic mass is 32.2. The van der Waals surface area contributed by atoms with Crippen LogP contribution in [0.2, 0.25) is 0 Å². The SMILES string of the molecule is CSCCCN1CCC(N2CCCC2C(=O)O)CC1. The Morgan fingerprint density at radius 2 is 2.00 bits per heavy atom. The Kier molecular flexibility index (Phi) is 5.98. The molecule has 2 rings (SSSR count). The van der Waals surface area contributed by atoms with E-state index in [4.69, 9.17) is 0 Å². The van der Waals surface area contributed by atoms with Crippen molar-refractivity contribution in [3.8, 4) is 0 Å². The van der Waals surface area contributed by atoms with Crippen LogP contribution in [0.25, 0.3) is 0 Å². The Morgan fingerprint density at radius 1 is 1.26 bits per heavy atom. The van der Waals surface area contributed by atoms with Gasteiger partial charge in [-0.2, -0.15) is 11.8 Å². The Hall–Kier alpha value is -0.260. The van der Waals surface area contributed by atoms with Crippen LogP contribution >= 0.6 is 11.8 Å². The molecule has 0 aromatic carbocycles. The summed E-state index contributed by atoms with van der Waals surface area (Å²) < 4.78 is 0. The highest BCUT2D eigenvalue weighted by Crippen LogP contribution is 2.26. The van der Waals surface area contributed by atoms with Gasteiger partial charge in [0.2, 0.25) is 0 Å². The summed E-state index contributed by atoms with van der Waals surface area (Å²) in [6.45, 7) is 4.47. The minimum absolute atomic E-state index is 0.215. The average Bonchev–Trinajstić information content (AvgIpc) is 2.89. The summed E-state index contributed by atoms with van der Waals surface area (Å²) in [5, 5.41) is 9.26. The Balaban J connectivity index is 1.75. The van der Waals surface area contributed by atoms with E-state index in [9.17, 15) is 9.90 Å². The van der Waals surface area contributed by atoms with E-state index in [-0.39, 0.29) is 6.04 Å². The third-order valence-electron chi connectivity index (χ3n) is 4.43. The first-order valence-electron chi connectivity index (χ1n) is 7.42. The van der Waals surface area contributed by atoms with Gasteiger partial charge in [-0.25, -0.2) is 0 Å². The Bertz CT molecular complexity index is 293. The number of hydrogen-bond acceptors (Lipinski definition) is 4. The molecule has 0 bridgehead atoms. The number of rotatable bonds is 6. The summed E-state index contributed by atoms with van der Waals surface area (Å²) >= 11 is 1.91. The first-order valence-corrected chi connectivity index (χ1v) is 8.81. The van der Waals surface area contributed by atoms with E-state index in [1.54, 1.807) is 0 Å². The van der Waals surface area contributed by atoms with Gasteiger partial charge in [0.05, 0.1) is 0 Å². The highest BCUT2D eigenvalue weighted by molar-refractivity contribution is 7.98. The first-order chi connectivity index (χ1) is 9.22. The zero-order valence-electron chi connectivity index (χ0n) is 11.9. The van der Waals surface area contributed by atoms with Crippen molar-refractivity contribution in [3.05, 3.63) is 0 Å². The minimum atomic E-state index is -0.625. The molecule has 1 atom stereocenters. The first kappa shape index (κ1) is 15.1. The van der Waals surface area contributed by atoms with E-state index in [2.05, 4.69) is 16.1 Å². The van der Waals surface area contributed by atoms with Crippen molar-refractivity contribution in [2.75, 3.05) is 38.2 Å². The van der Waals surface area contributed by atoms with E-state index in [0.717, 1.165) is 45.3 Å².